The Labute approximate surface area is 238 Å². The van der Waals surface area contributed by atoms with Gasteiger partial charge in [-0.1, -0.05) is 84.4 Å². The minimum absolute atomic E-state index is 0.0377. The highest BCUT2D eigenvalue weighted by molar-refractivity contribution is 8.15. The fraction of sp³-hybridized carbons (Fsp3) is 0.312. The van der Waals surface area contributed by atoms with Gasteiger partial charge >= 0.3 is 0 Å². The van der Waals surface area contributed by atoms with Crippen molar-refractivity contribution in [3.05, 3.63) is 84.4 Å². The third kappa shape index (κ3) is 5.28. The first kappa shape index (κ1) is 26.3. The third-order valence-electron chi connectivity index (χ3n) is 8.15. The van der Waals surface area contributed by atoms with Crippen molar-refractivity contribution in [2.24, 2.45) is 10.9 Å². The molecule has 2 heterocycles. The highest BCUT2D eigenvalue weighted by Crippen LogP contribution is 2.44. The van der Waals surface area contributed by atoms with Crippen molar-refractivity contribution in [1.29, 1.82) is 0 Å². The first-order valence-corrected chi connectivity index (χ1v) is 14.7. The lowest BCUT2D eigenvalue weighted by Crippen LogP contribution is -2.53. The van der Waals surface area contributed by atoms with E-state index < -0.39 is 10.8 Å². The zero-order chi connectivity index (χ0) is 27.7. The number of fused-ring (bicyclic) bond motifs is 1. The molecule has 6 rings (SSSR count). The number of hydrogen-bond acceptors (Lipinski definition) is 5. The van der Waals surface area contributed by atoms with Gasteiger partial charge in [-0.25, -0.2) is 4.99 Å². The van der Waals surface area contributed by atoms with E-state index in [4.69, 9.17) is 4.99 Å². The topological polar surface area (TPSA) is 90.9 Å². The molecule has 7 nitrogen and oxygen atoms in total. The Hall–Kier alpha value is -3.91. The first-order valence-electron chi connectivity index (χ1n) is 13.8. The Bertz CT molecular complexity index is 1470. The Kier molecular flexibility index (Phi) is 7.19. The van der Waals surface area contributed by atoms with Crippen LogP contribution in [-0.4, -0.2) is 45.1 Å². The Balaban J connectivity index is 1.30. The zero-order valence-electron chi connectivity index (χ0n) is 22.4. The predicted octanol–water partition coefficient (Wildman–Crippen LogP) is 5.68. The van der Waals surface area contributed by atoms with Gasteiger partial charge in [-0.05, 0) is 49.4 Å². The average Bonchev–Trinajstić information content (AvgIpc) is 3.56. The van der Waals surface area contributed by atoms with E-state index in [-0.39, 0.29) is 30.1 Å². The fourth-order valence-electron chi connectivity index (χ4n) is 6.11. The number of aliphatic imine (C=N–C) groups is 1. The molecule has 3 unspecified atom stereocenters. The number of carbonyl (C=O) groups excluding carboxylic acids is 3. The van der Waals surface area contributed by atoms with Crippen LogP contribution in [0.1, 0.15) is 37.7 Å². The second kappa shape index (κ2) is 10.9. The molecule has 204 valence electrons. The van der Waals surface area contributed by atoms with Crippen LogP contribution in [0.3, 0.4) is 0 Å². The smallest absolute Gasteiger partial charge is 0.242 e. The lowest BCUT2D eigenvalue weighted by Gasteiger charge is -2.33. The van der Waals surface area contributed by atoms with Crippen molar-refractivity contribution in [2.45, 2.75) is 49.8 Å². The molecular formula is C32H32N4O3S. The standard InChI is InChI=1S/C32H32N4O3S/c1-21-13-15-24(16-14-21)33-28(37)19-27-30(39)36(20-32-17-7-10-23(32)18-29(38)35-32)31(40-27)34-26-12-6-5-11-25(26)22-8-3-2-4-9-22/h2-6,8-9,11-16,23,27H,7,10,17-20H2,1H3,(H,33,37)(H,35,38). The van der Waals surface area contributed by atoms with Crippen LogP contribution in [0.2, 0.25) is 0 Å². The maximum atomic E-state index is 13.9. The summed E-state index contributed by atoms with van der Waals surface area (Å²) in [5.41, 5.74) is 4.14. The van der Waals surface area contributed by atoms with Crippen LogP contribution in [-0.2, 0) is 14.4 Å². The highest BCUT2D eigenvalue weighted by atomic mass is 32.2. The molecule has 3 aromatic carbocycles. The second-order valence-electron chi connectivity index (χ2n) is 10.9. The second-order valence-corrected chi connectivity index (χ2v) is 12.1. The molecular weight excluding hydrogens is 520 g/mol. The van der Waals surface area contributed by atoms with Crippen molar-refractivity contribution in [3.63, 3.8) is 0 Å². The summed E-state index contributed by atoms with van der Waals surface area (Å²) in [5.74, 6) is -0.0988. The number of thioether (sulfide) groups is 1. The summed E-state index contributed by atoms with van der Waals surface area (Å²) in [5, 5.41) is 6.11. The van der Waals surface area contributed by atoms with E-state index in [1.54, 1.807) is 4.90 Å². The van der Waals surface area contributed by atoms with Crippen LogP contribution in [0.15, 0.2) is 83.9 Å². The molecule has 2 saturated heterocycles. The maximum Gasteiger partial charge on any atom is 0.242 e. The summed E-state index contributed by atoms with van der Waals surface area (Å²) in [4.78, 5) is 46.0. The highest BCUT2D eigenvalue weighted by Gasteiger charge is 2.53. The van der Waals surface area contributed by atoms with Gasteiger partial charge in [0.1, 0.15) is 5.25 Å². The maximum absolute atomic E-state index is 13.9. The Morgan fingerprint density at radius 2 is 1.80 bits per heavy atom. The van der Waals surface area contributed by atoms with Gasteiger partial charge in [0, 0.05) is 24.1 Å². The molecule has 3 aliphatic rings. The Morgan fingerprint density at radius 3 is 2.60 bits per heavy atom. The number of nitrogens with zero attached hydrogens (tertiary/aromatic N) is 2. The molecule has 3 amide bonds. The molecule has 0 spiro atoms. The molecule has 0 aromatic heterocycles. The van der Waals surface area contributed by atoms with Gasteiger partial charge in [0.25, 0.3) is 0 Å². The van der Waals surface area contributed by atoms with Gasteiger partial charge in [-0.15, -0.1) is 0 Å². The van der Waals surface area contributed by atoms with E-state index in [0.717, 1.165) is 41.6 Å². The van der Waals surface area contributed by atoms with Gasteiger partial charge in [0.2, 0.25) is 17.7 Å². The molecule has 40 heavy (non-hydrogen) atoms. The van der Waals surface area contributed by atoms with Crippen molar-refractivity contribution >= 4 is 46.0 Å². The molecule has 1 aliphatic carbocycles. The van der Waals surface area contributed by atoms with Crippen molar-refractivity contribution in [3.8, 4) is 11.1 Å². The molecule has 1 saturated carbocycles. The summed E-state index contributed by atoms with van der Waals surface area (Å²) in [6, 6.07) is 25.5. The molecule has 8 heteroatoms. The lowest BCUT2D eigenvalue weighted by atomic mass is 9.88. The van der Waals surface area contributed by atoms with Gasteiger partial charge in [-0.3, -0.25) is 19.3 Å². The van der Waals surface area contributed by atoms with Crippen LogP contribution in [0.5, 0.6) is 0 Å². The predicted molar refractivity (Wildman–Crippen MR) is 159 cm³/mol. The summed E-state index contributed by atoms with van der Waals surface area (Å²) < 4.78 is 0. The minimum Gasteiger partial charge on any atom is -0.349 e. The van der Waals surface area contributed by atoms with Crippen molar-refractivity contribution in [2.75, 3.05) is 11.9 Å². The number of nitrogens with one attached hydrogen (secondary N) is 2. The van der Waals surface area contributed by atoms with E-state index in [0.29, 0.717) is 23.8 Å². The summed E-state index contributed by atoms with van der Waals surface area (Å²) in [6.45, 7) is 2.36. The molecule has 2 aliphatic heterocycles. The number of aryl methyl sites for hydroxylation is 1. The summed E-state index contributed by atoms with van der Waals surface area (Å²) in [7, 11) is 0. The zero-order valence-corrected chi connectivity index (χ0v) is 23.2. The molecule has 2 N–H and O–H groups in total. The van der Waals surface area contributed by atoms with Gasteiger partial charge in [-0.2, -0.15) is 0 Å². The van der Waals surface area contributed by atoms with E-state index in [1.165, 1.54) is 11.8 Å². The quantitative estimate of drug-likeness (QED) is 0.395. The SMILES string of the molecule is Cc1ccc(NC(=O)CC2SC(=Nc3ccccc3-c3ccccc3)N(CC34CCCC3CC(=O)N4)C2=O)cc1. The minimum atomic E-state index is -0.596. The van der Waals surface area contributed by atoms with Crippen molar-refractivity contribution < 1.29 is 14.4 Å². The molecule has 3 aromatic rings. The number of carbonyl (C=O) groups is 3. The third-order valence-corrected chi connectivity index (χ3v) is 9.32. The average molecular weight is 553 g/mol. The largest absolute Gasteiger partial charge is 0.349 e. The summed E-state index contributed by atoms with van der Waals surface area (Å²) in [6.07, 6.45) is 3.37. The number of rotatable bonds is 7. The normalized spacial score (nSPS) is 24.8. The van der Waals surface area contributed by atoms with Crippen LogP contribution >= 0.6 is 11.8 Å². The number of amides is 3. The van der Waals surface area contributed by atoms with E-state index in [2.05, 4.69) is 10.6 Å². The van der Waals surface area contributed by atoms with Crippen LogP contribution in [0.25, 0.3) is 11.1 Å². The number of amidine groups is 1. The number of hydrogen-bond donors (Lipinski definition) is 2. The lowest BCUT2D eigenvalue weighted by molar-refractivity contribution is -0.129. The first-order chi connectivity index (χ1) is 19.4. The van der Waals surface area contributed by atoms with Gasteiger partial charge in [0.05, 0.1) is 17.8 Å². The summed E-state index contributed by atoms with van der Waals surface area (Å²) >= 11 is 1.33. The van der Waals surface area contributed by atoms with Crippen molar-refractivity contribution in [1.82, 2.24) is 10.2 Å². The number of para-hydroxylation sites is 1. The van der Waals surface area contributed by atoms with Gasteiger partial charge in [0.15, 0.2) is 5.17 Å². The number of anilines is 1. The fourth-order valence-corrected chi connectivity index (χ4v) is 7.26. The van der Waals surface area contributed by atoms with Gasteiger partial charge < -0.3 is 10.6 Å². The molecule has 3 atom stereocenters. The van der Waals surface area contributed by atoms with E-state index in [1.807, 2.05) is 85.8 Å². The van der Waals surface area contributed by atoms with Crippen LogP contribution < -0.4 is 10.6 Å². The molecule has 3 fully saturated rings. The Morgan fingerprint density at radius 1 is 1.05 bits per heavy atom. The van der Waals surface area contributed by atoms with Crippen LogP contribution in [0, 0.1) is 12.8 Å². The number of benzene rings is 3. The van der Waals surface area contributed by atoms with Crippen LogP contribution in [0.4, 0.5) is 11.4 Å². The molecule has 0 radical (unpaired) electrons. The molecule has 0 bridgehead atoms. The van der Waals surface area contributed by atoms with E-state index >= 15 is 0 Å². The van der Waals surface area contributed by atoms with E-state index in [9.17, 15) is 14.4 Å². The monoisotopic (exact) mass is 552 g/mol.